The molecule has 0 aliphatic carbocycles. The monoisotopic (exact) mass is 251 g/mol. The first-order valence-electron chi connectivity index (χ1n) is 6.99. The van der Waals surface area contributed by atoms with Gasteiger partial charge in [-0.2, -0.15) is 0 Å². The zero-order valence-electron chi connectivity index (χ0n) is 11.9. The number of hydrogen-bond donors (Lipinski definition) is 0. The second kappa shape index (κ2) is 5.61. The lowest BCUT2D eigenvalue weighted by Crippen LogP contribution is -2.42. The van der Waals surface area contributed by atoms with E-state index in [0.717, 1.165) is 45.7 Å². The van der Waals surface area contributed by atoms with Crippen molar-refractivity contribution in [2.75, 3.05) is 32.8 Å². The van der Waals surface area contributed by atoms with Crippen molar-refractivity contribution in [3.63, 3.8) is 0 Å². The number of rotatable bonds is 1. The van der Waals surface area contributed by atoms with Gasteiger partial charge < -0.3 is 9.47 Å². The standard InChI is InChI=1S/C15H25NO2/c1-14(2)6-4-7-15(3,18-14)8-5-9-16-10-12-17-13-11-16/h4,6-7,9-13H2,1-3H3/t15-/m1/s1. The third kappa shape index (κ3) is 3.98. The van der Waals surface area contributed by atoms with Crippen LogP contribution >= 0.6 is 0 Å². The minimum absolute atomic E-state index is 0.0271. The van der Waals surface area contributed by atoms with Gasteiger partial charge in [0.15, 0.2) is 0 Å². The molecule has 3 heteroatoms. The van der Waals surface area contributed by atoms with Crippen LogP contribution < -0.4 is 0 Å². The molecule has 0 radical (unpaired) electrons. The van der Waals surface area contributed by atoms with Crippen LogP contribution in [0.1, 0.15) is 40.0 Å². The maximum atomic E-state index is 6.13. The second-order valence-corrected chi connectivity index (χ2v) is 6.14. The molecule has 0 N–H and O–H groups in total. The van der Waals surface area contributed by atoms with Crippen LogP contribution in [0.2, 0.25) is 0 Å². The lowest BCUT2D eigenvalue weighted by Gasteiger charge is -2.40. The molecule has 1 atom stereocenters. The van der Waals surface area contributed by atoms with Gasteiger partial charge in [0, 0.05) is 13.1 Å². The van der Waals surface area contributed by atoms with Crippen molar-refractivity contribution in [1.82, 2.24) is 4.90 Å². The summed E-state index contributed by atoms with van der Waals surface area (Å²) in [6.07, 6.45) is 3.38. The minimum atomic E-state index is -0.256. The topological polar surface area (TPSA) is 21.7 Å². The summed E-state index contributed by atoms with van der Waals surface area (Å²) in [7, 11) is 0. The van der Waals surface area contributed by atoms with Crippen LogP contribution in [-0.4, -0.2) is 49.0 Å². The summed E-state index contributed by atoms with van der Waals surface area (Å²) in [5, 5.41) is 0. The fourth-order valence-electron chi connectivity index (χ4n) is 2.75. The van der Waals surface area contributed by atoms with Gasteiger partial charge in [-0.1, -0.05) is 11.8 Å². The molecule has 0 unspecified atom stereocenters. The van der Waals surface area contributed by atoms with Crippen LogP contribution in [0, 0.1) is 11.8 Å². The number of ether oxygens (including phenoxy) is 2. The van der Waals surface area contributed by atoms with Crippen molar-refractivity contribution in [3.05, 3.63) is 0 Å². The maximum Gasteiger partial charge on any atom is 0.126 e. The molecule has 2 saturated heterocycles. The number of nitrogens with zero attached hydrogens (tertiary/aromatic N) is 1. The highest BCUT2D eigenvalue weighted by Gasteiger charge is 2.35. The smallest absolute Gasteiger partial charge is 0.126 e. The lowest BCUT2D eigenvalue weighted by molar-refractivity contribution is -0.135. The molecule has 2 fully saturated rings. The molecule has 2 rings (SSSR count). The molecule has 0 bridgehead atoms. The van der Waals surface area contributed by atoms with Crippen LogP contribution in [0.5, 0.6) is 0 Å². The Kier molecular flexibility index (Phi) is 4.32. The fraction of sp³-hybridized carbons (Fsp3) is 0.867. The molecule has 18 heavy (non-hydrogen) atoms. The van der Waals surface area contributed by atoms with Gasteiger partial charge in [0.25, 0.3) is 0 Å². The van der Waals surface area contributed by atoms with E-state index in [1.807, 2.05) is 0 Å². The molecular formula is C15H25NO2. The average molecular weight is 251 g/mol. The molecule has 0 amide bonds. The van der Waals surface area contributed by atoms with E-state index >= 15 is 0 Å². The van der Waals surface area contributed by atoms with Gasteiger partial charge in [-0.05, 0) is 40.0 Å². The molecule has 0 saturated carbocycles. The van der Waals surface area contributed by atoms with Crippen molar-refractivity contribution >= 4 is 0 Å². The predicted octanol–water partition coefficient (Wildman–Crippen LogP) is 2.06. The van der Waals surface area contributed by atoms with Gasteiger partial charge in [-0.3, -0.25) is 4.90 Å². The van der Waals surface area contributed by atoms with Crippen LogP contribution in [0.15, 0.2) is 0 Å². The van der Waals surface area contributed by atoms with Crippen LogP contribution in [0.3, 0.4) is 0 Å². The van der Waals surface area contributed by atoms with E-state index in [1.165, 1.54) is 6.42 Å². The molecule has 0 spiro atoms. The summed E-state index contributed by atoms with van der Waals surface area (Å²) in [6, 6.07) is 0. The normalized spacial score (nSPS) is 32.6. The third-order valence-electron chi connectivity index (χ3n) is 3.69. The molecule has 0 aromatic carbocycles. The highest BCUT2D eigenvalue weighted by atomic mass is 16.5. The molecule has 3 nitrogen and oxygen atoms in total. The molecular weight excluding hydrogens is 226 g/mol. The van der Waals surface area contributed by atoms with E-state index in [1.54, 1.807) is 0 Å². The van der Waals surface area contributed by atoms with Crippen LogP contribution in [0.25, 0.3) is 0 Å². The van der Waals surface area contributed by atoms with Crippen molar-refractivity contribution < 1.29 is 9.47 Å². The molecule has 0 aromatic heterocycles. The van der Waals surface area contributed by atoms with E-state index in [-0.39, 0.29) is 11.2 Å². The van der Waals surface area contributed by atoms with Gasteiger partial charge >= 0.3 is 0 Å². The third-order valence-corrected chi connectivity index (χ3v) is 3.69. The molecule has 2 aliphatic rings. The Morgan fingerprint density at radius 3 is 2.50 bits per heavy atom. The Morgan fingerprint density at radius 2 is 1.83 bits per heavy atom. The Labute approximate surface area is 111 Å². The summed E-state index contributed by atoms with van der Waals surface area (Å²) < 4.78 is 11.5. The van der Waals surface area contributed by atoms with E-state index in [0.29, 0.717) is 0 Å². The highest BCUT2D eigenvalue weighted by molar-refractivity contribution is 5.15. The van der Waals surface area contributed by atoms with E-state index < -0.39 is 0 Å². The molecule has 2 heterocycles. The summed E-state index contributed by atoms with van der Waals surface area (Å²) in [5.74, 6) is 6.64. The lowest BCUT2D eigenvalue weighted by atomic mass is 9.88. The van der Waals surface area contributed by atoms with E-state index in [4.69, 9.17) is 9.47 Å². The summed E-state index contributed by atoms with van der Waals surface area (Å²) >= 11 is 0. The maximum absolute atomic E-state index is 6.13. The van der Waals surface area contributed by atoms with Gasteiger partial charge in [0.05, 0.1) is 25.4 Å². The summed E-state index contributed by atoms with van der Waals surface area (Å²) in [4.78, 5) is 2.34. The zero-order chi connectivity index (χ0) is 13.1. The minimum Gasteiger partial charge on any atom is -0.379 e. The van der Waals surface area contributed by atoms with Crippen LogP contribution in [-0.2, 0) is 9.47 Å². The quantitative estimate of drug-likeness (QED) is 0.666. The van der Waals surface area contributed by atoms with Gasteiger partial charge in [0.2, 0.25) is 0 Å². The Balaban J connectivity index is 1.87. The van der Waals surface area contributed by atoms with Crippen molar-refractivity contribution in [3.8, 4) is 11.8 Å². The Hall–Kier alpha value is -0.560. The Morgan fingerprint density at radius 1 is 1.11 bits per heavy atom. The van der Waals surface area contributed by atoms with E-state index in [2.05, 4.69) is 37.5 Å². The highest BCUT2D eigenvalue weighted by Crippen LogP contribution is 2.34. The van der Waals surface area contributed by atoms with Gasteiger partial charge in [0.1, 0.15) is 5.60 Å². The first kappa shape index (κ1) is 13.9. The van der Waals surface area contributed by atoms with Crippen LogP contribution in [0.4, 0.5) is 0 Å². The van der Waals surface area contributed by atoms with Gasteiger partial charge in [-0.15, -0.1) is 0 Å². The first-order valence-corrected chi connectivity index (χ1v) is 6.99. The largest absolute Gasteiger partial charge is 0.379 e. The first-order chi connectivity index (χ1) is 8.49. The average Bonchev–Trinajstić information content (AvgIpc) is 2.28. The van der Waals surface area contributed by atoms with E-state index in [9.17, 15) is 0 Å². The zero-order valence-corrected chi connectivity index (χ0v) is 11.9. The number of hydrogen-bond acceptors (Lipinski definition) is 3. The van der Waals surface area contributed by atoms with Crippen molar-refractivity contribution in [1.29, 1.82) is 0 Å². The Bertz CT molecular complexity index is 336. The molecule has 102 valence electrons. The fourth-order valence-corrected chi connectivity index (χ4v) is 2.75. The SMILES string of the molecule is CC1(C)CCC[C@](C)(C#CCN2CCOCC2)O1. The summed E-state index contributed by atoms with van der Waals surface area (Å²) in [6.45, 7) is 10.9. The predicted molar refractivity (Wildman–Crippen MR) is 72.5 cm³/mol. The van der Waals surface area contributed by atoms with Gasteiger partial charge in [-0.25, -0.2) is 0 Å². The second-order valence-electron chi connectivity index (χ2n) is 6.14. The van der Waals surface area contributed by atoms with Crippen molar-refractivity contribution in [2.45, 2.75) is 51.2 Å². The summed E-state index contributed by atoms with van der Waals surface area (Å²) in [5.41, 5.74) is -0.283. The van der Waals surface area contributed by atoms with Crippen molar-refractivity contribution in [2.24, 2.45) is 0 Å². The molecule has 0 aromatic rings. The molecule has 2 aliphatic heterocycles. The number of morpholine rings is 1.